The van der Waals surface area contributed by atoms with E-state index in [1.165, 1.54) is 0 Å². The van der Waals surface area contributed by atoms with Gasteiger partial charge < -0.3 is 5.32 Å². The molecule has 2 aromatic carbocycles. The smallest absolute Gasteiger partial charge is 0.101 e. The third kappa shape index (κ3) is 3.38. The van der Waals surface area contributed by atoms with Crippen LogP contribution in [-0.2, 0) is 0 Å². The first-order chi connectivity index (χ1) is 10.3. The summed E-state index contributed by atoms with van der Waals surface area (Å²) in [7, 11) is 0. The van der Waals surface area contributed by atoms with Crippen molar-refractivity contribution in [2.45, 2.75) is 5.92 Å². The van der Waals surface area contributed by atoms with E-state index in [-0.39, 0.29) is 5.92 Å². The van der Waals surface area contributed by atoms with Gasteiger partial charge in [-0.1, -0.05) is 30.3 Å². The topological polar surface area (TPSA) is 83.4 Å². The highest BCUT2D eigenvalue weighted by atomic mass is 14.9. The number of nitrogens with one attached hydrogen (secondary N) is 1. The fourth-order valence-electron chi connectivity index (χ4n) is 1.99. The van der Waals surface area contributed by atoms with Crippen molar-refractivity contribution in [3.63, 3.8) is 0 Å². The number of anilines is 1. The molecule has 2 aromatic rings. The predicted molar refractivity (Wildman–Crippen MR) is 79.2 cm³/mol. The first-order valence-corrected chi connectivity index (χ1v) is 6.41. The lowest BCUT2D eigenvalue weighted by atomic mass is 10.0. The van der Waals surface area contributed by atoms with E-state index in [2.05, 4.69) is 11.4 Å². The lowest BCUT2D eigenvalue weighted by Gasteiger charge is -2.12. The van der Waals surface area contributed by atoms with Gasteiger partial charge in [-0.15, -0.1) is 0 Å². The Bertz CT molecular complexity index is 745. The molecule has 0 aliphatic rings. The molecule has 0 aliphatic heterocycles. The van der Waals surface area contributed by atoms with E-state index in [1.807, 2.05) is 42.5 Å². The van der Waals surface area contributed by atoms with E-state index in [4.69, 9.17) is 10.5 Å². The molecule has 0 amide bonds. The number of hydrogen-bond donors (Lipinski definition) is 1. The summed E-state index contributed by atoms with van der Waals surface area (Å²) in [5.41, 5.74) is 2.35. The molecule has 4 heteroatoms. The molecule has 0 bridgehead atoms. The standard InChI is InChI=1S/C17H12N4/c18-9-14-6-7-17(8-15(14)10-19)21-12-16(11-20)13-4-2-1-3-5-13/h1-8,16,21H,12H2. The molecule has 0 aliphatic carbocycles. The fraction of sp³-hybridized carbons (Fsp3) is 0.118. The van der Waals surface area contributed by atoms with Crippen molar-refractivity contribution >= 4 is 5.69 Å². The van der Waals surface area contributed by atoms with Gasteiger partial charge in [-0.25, -0.2) is 0 Å². The Balaban J connectivity index is 2.12. The summed E-state index contributed by atoms with van der Waals surface area (Å²) in [5.74, 6) is -0.271. The molecule has 0 radical (unpaired) electrons. The van der Waals surface area contributed by atoms with Gasteiger partial charge in [0.15, 0.2) is 0 Å². The maximum absolute atomic E-state index is 9.26. The monoisotopic (exact) mass is 272 g/mol. The van der Waals surface area contributed by atoms with Crippen molar-refractivity contribution in [3.05, 3.63) is 65.2 Å². The maximum Gasteiger partial charge on any atom is 0.101 e. The molecule has 21 heavy (non-hydrogen) atoms. The van der Waals surface area contributed by atoms with Crippen molar-refractivity contribution in [2.24, 2.45) is 0 Å². The van der Waals surface area contributed by atoms with Gasteiger partial charge in [0.1, 0.15) is 12.1 Å². The van der Waals surface area contributed by atoms with Gasteiger partial charge in [-0.05, 0) is 23.8 Å². The number of benzene rings is 2. The second-order valence-electron chi connectivity index (χ2n) is 4.46. The van der Waals surface area contributed by atoms with Gasteiger partial charge in [0.05, 0.1) is 23.1 Å². The first kappa shape index (κ1) is 14.1. The first-order valence-electron chi connectivity index (χ1n) is 6.41. The third-order valence-corrected chi connectivity index (χ3v) is 3.13. The summed E-state index contributed by atoms with van der Waals surface area (Å²) in [6.45, 7) is 0.442. The SMILES string of the molecule is N#Cc1ccc(NCC(C#N)c2ccccc2)cc1C#N. The number of hydrogen-bond acceptors (Lipinski definition) is 4. The van der Waals surface area contributed by atoms with Gasteiger partial charge in [0.2, 0.25) is 0 Å². The van der Waals surface area contributed by atoms with E-state index in [1.54, 1.807) is 18.2 Å². The molecule has 100 valence electrons. The highest BCUT2D eigenvalue weighted by Gasteiger charge is 2.10. The average molecular weight is 272 g/mol. The molecule has 0 fully saturated rings. The summed E-state index contributed by atoms with van der Waals surface area (Å²) < 4.78 is 0. The average Bonchev–Trinajstić information content (AvgIpc) is 2.56. The Labute approximate surface area is 123 Å². The molecule has 4 nitrogen and oxygen atoms in total. The van der Waals surface area contributed by atoms with Crippen molar-refractivity contribution in [2.75, 3.05) is 11.9 Å². The minimum absolute atomic E-state index is 0.271. The highest BCUT2D eigenvalue weighted by molar-refractivity contribution is 5.56. The van der Waals surface area contributed by atoms with Crippen LogP contribution in [0.5, 0.6) is 0 Å². The van der Waals surface area contributed by atoms with Crippen LogP contribution in [-0.4, -0.2) is 6.54 Å². The quantitative estimate of drug-likeness (QED) is 0.926. The fourth-order valence-corrected chi connectivity index (χ4v) is 1.99. The summed E-state index contributed by atoms with van der Waals surface area (Å²) >= 11 is 0. The highest BCUT2D eigenvalue weighted by Crippen LogP contribution is 2.18. The van der Waals surface area contributed by atoms with E-state index in [9.17, 15) is 5.26 Å². The minimum atomic E-state index is -0.271. The molecule has 2 rings (SSSR count). The van der Waals surface area contributed by atoms with Crippen LogP contribution in [0.15, 0.2) is 48.5 Å². The van der Waals surface area contributed by atoms with E-state index < -0.39 is 0 Å². The molecule has 0 heterocycles. The van der Waals surface area contributed by atoms with Crippen LogP contribution in [0.25, 0.3) is 0 Å². The van der Waals surface area contributed by atoms with Crippen LogP contribution in [0.1, 0.15) is 22.6 Å². The van der Waals surface area contributed by atoms with Crippen molar-refractivity contribution in [1.29, 1.82) is 15.8 Å². The van der Waals surface area contributed by atoms with Crippen molar-refractivity contribution in [3.8, 4) is 18.2 Å². The minimum Gasteiger partial charge on any atom is -0.383 e. The van der Waals surface area contributed by atoms with Crippen LogP contribution in [0.2, 0.25) is 0 Å². The third-order valence-electron chi connectivity index (χ3n) is 3.13. The van der Waals surface area contributed by atoms with Gasteiger partial charge in [-0.3, -0.25) is 0 Å². The molecule has 0 spiro atoms. The Morgan fingerprint density at radius 1 is 0.905 bits per heavy atom. The second-order valence-corrected chi connectivity index (χ2v) is 4.46. The molecule has 0 aromatic heterocycles. The predicted octanol–water partition coefficient (Wildman–Crippen LogP) is 3.15. The molecule has 1 N–H and O–H groups in total. The maximum atomic E-state index is 9.26. The summed E-state index contributed by atoms with van der Waals surface area (Å²) in [4.78, 5) is 0. The van der Waals surface area contributed by atoms with Gasteiger partial charge >= 0.3 is 0 Å². The lowest BCUT2D eigenvalue weighted by molar-refractivity contribution is 0.900. The Hall–Kier alpha value is -3.29. The molecule has 0 saturated heterocycles. The second kappa shape index (κ2) is 6.75. The molecular formula is C17H12N4. The lowest BCUT2D eigenvalue weighted by Crippen LogP contribution is -2.11. The van der Waals surface area contributed by atoms with Gasteiger partial charge in [-0.2, -0.15) is 15.8 Å². The molecule has 1 atom stereocenters. The number of nitriles is 3. The Morgan fingerprint density at radius 3 is 2.24 bits per heavy atom. The van der Waals surface area contributed by atoms with Crippen LogP contribution < -0.4 is 5.32 Å². The van der Waals surface area contributed by atoms with Gasteiger partial charge in [0, 0.05) is 12.2 Å². The number of rotatable bonds is 4. The zero-order valence-corrected chi connectivity index (χ0v) is 11.2. The number of nitrogens with zero attached hydrogens (tertiary/aromatic N) is 3. The summed E-state index contributed by atoms with van der Waals surface area (Å²) in [5, 5.41) is 30.3. The van der Waals surface area contributed by atoms with Crippen LogP contribution in [0.4, 0.5) is 5.69 Å². The zero-order valence-electron chi connectivity index (χ0n) is 11.2. The Morgan fingerprint density at radius 2 is 1.62 bits per heavy atom. The van der Waals surface area contributed by atoms with Crippen molar-refractivity contribution < 1.29 is 0 Å². The van der Waals surface area contributed by atoms with Crippen LogP contribution >= 0.6 is 0 Å². The Kier molecular flexibility index (Phi) is 4.54. The summed E-state index contributed by atoms with van der Waals surface area (Å²) in [6, 6.07) is 20.7. The zero-order chi connectivity index (χ0) is 15.1. The molecule has 1 unspecified atom stereocenters. The summed E-state index contributed by atoms with van der Waals surface area (Å²) in [6.07, 6.45) is 0. The van der Waals surface area contributed by atoms with Crippen LogP contribution in [0.3, 0.4) is 0 Å². The van der Waals surface area contributed by atoms with Crippen LogP contribution in [0, 0.1) is 34.0 Å². The molecule has 0 saturated carbocycles. The van der Waals surface area contributed by atoms with E-state index in [0.29, 0.717) is 17.7 Å². The normalized spacial score (nSPS) is 10.7. The van der Waals surface area contributed by atoms with Crippen molar-refractivity contribution in [1.82, 2.24) is 0 Å². The van der Waals surface area contributed by atoms with Gasteiger partial charge in [0.25, 0.3) is 0 Å². The van der Waals surface area contributed by atoms with E-state index >= 15 is 0 Å². The van der Waals surface area contributed by atoms with E-state index in [0.717, 1.165) is 11.3 Å². The molecular weight excluding hydrogens is 260 g/mol. The largest absolute Gasteiger partial charge is 0.383 e.